The summed E-state index contributed by atoms with van der Waals surface area (Å²) in [5.41, 5.74) is 0.578. The van der Waals surface area contributed by atoms with Crippen LogP contribution in [0.3, 0.4) is 0 Å². The second-order valence-corrected chi connectivity index (χ2v) is 4.39. The number of Topliss-reactive ketones (excluding diaryl/α,β-unsaturated/α-hetero) is 1. The SMILES string of the molecule is Cc1cc(C(=O)C(C(=O)O)C(C)C)ccc1F. The number of hydrogen-bond acceptors (Lipinski definition) is 2. The minimum absolute atomic E-state index is 0.241. The number of halogens is 1. The molecule has 1 atom stereocenters. The lowest BCUT2D eigenvalue weighted by Crippen LogP contribution is -2.28. The van der Waals surface area contributed by atoms with Crippen molar-refractivity contribution in [1.82, 2.24) is 0 Å². The molecule has 0 aliphatic carbocycles. The lowest BCUT2D eigenvalue weighted by molar-refractivity contribution is -0.141. The van der Waals surface area contributed by atoms with E-state index in [1.54, 1.807) is 13.8 Å². The van der Waals surface area contributed by atoms with Gasteiger partial charge >= 0.3 is 5.97 Å². The van der Waals surface area contributed by atoms with E-state index in [1.165, 1.54) is 25.1 Å². The van der Waals surface area contributed by atoms with Gasteiger partial charge in [0.2, 0.25) is 0 Å². The molecule has 0 aromatic heterocycles. The first-order valence-electron chi connectivity index (χ1n) is 5.37. The van der Waals surface area contributed by atoms with Gasteiger partial charge in [-0.25, -0.2) is 4.39 Å². The van der Waals surface area contributed by atoms with Crippen molar-refractivity contribution in [3.05, 3.63) is 35.1 Å². The minimum Gasteiger partial charge on any atom is -0.481 e. The van der Waals surface area contributed by atoms with Gasteiger partial charge in [-0.15, -0.1) is 0 Å². The van der Waals surface area contributed by atoms with Gasteiger partial charge in [-0.05, 0) is 36.6 Å². The highest BCUT2D eigenvalue weighted by Gasteiger charge is 2.30. The molecule has 3 nitrogen and oxygen atoms in total. The van der Waals surface area contributed by atoms with E-state index < -0.39 is 23.5 Å². The third-order valence-corrected chi connectivity index (χ3v) is 2.66. The maximum atomic E-state index is 13.1. The monoisotopic (exact) mass is 238 g/mol. The zero-order chi connectivity index (χ0) is 13.2. The zero-order valence-corrected chi connectivity index (χ0v) is 10.0. The maximum absolute atomic E-state index is 13.1. The van der Waals surface area contributed by atoms with Crippen molar-refractivity contribution in [3.8, 4) is 0 Å². The Morgan fingerprint density at radius 2 is 1.88 bits per heavy atom. The standard InChI is InChI=1S/C13H15FO3/c1-7(2)11(13(16)17)12(15)9-4-5-10(14)8(3)6-9/h4-7,11H,1-3H3,(H,16,17). The van der Waals surface area contributed by atoms with E-state index in [9.17, 15) is 14.0 Å². The van der Waals surface area contributed by atoms with Crippen molar-refractivity contribution >= 4 is 11.8 Å². The van der Waals surface area contributed by atoms with E-state index in [-0.39, 0.29) is 11.5 Å². The van der Waals surface area contributed by atoms with Gasteiger partial charge in [-0.2, -0.15) is 0 Å². The summed E-state index contributed by atoms with van der Waals surface area (Å²) in [5, 5.41) is 9.00. The molecule has 1 rings (SSSR count). The molecule has 0 aliphatic heterocycles. The first-order valence-corrected chi connectivity index (χ1v) is 5.37. The molecule has 92 valence electrons. The van der Waals surface area contributed by atoms with Crippen LogP contribution in [0.4, 0.5) is 4.39 Å². The van der Waals surface area contributed by atoms with Crippen molar-refractivity contribution in [2.24, 2.45) is 11.8 Å². The number of aryl methyl sites for hydroxylation is 1. The first kappa shape index (κ1) is 13.4. The van der Waals surface area contributed by atoms with Crippen LogP contribution < -0.4 is 0 Å². The topological polar surface area (TPSA) is 54.4 Å². The average molecular weight is 238 g/mol. The Morgan fingerprint density at radius 1 is 1.29 bits per heavy atom. The number of carbonyl (C=O) groups excluding carboxylic acids is 1. The van der Waals surface area contributed by atoms with Crippen molar-refractivity contribution in [2.75, 3.05) is 0 Å². The van der Waals surface area contributed by atoms with Gasteiger partial charge in [0.1, 0.15) is 11.7 Å². The number of carboxylic acids is 1. The highest BCUT2D eigenvalue weighted by molar-refractivity contribution is 6.08. The summed E-state index contributed by atoms with van der Waals surface area (Å²) >= 11 is 0. The van der Waals surface area contributed by atoms with E-state index >= 15 is 0 Å². The van der Waals surface area contributed by atoms with Gasteiger partial charge in [-0.1, -0.05) is 13.8 Å². The van der Waals surface area contributed by atoms with Crippen LogP contribution >= 0.6 is 0 Å². The van der Waals surface area contributed by atoms with Crippen LogP contribution in [0.15, 0.2) is 18.2 Å². The molecule has 0 saturated heterocycles. The van der Waals surface area contributed by atoms with E-state index in [0.717, 1.165) is 0 Å². The minimum atomic E-state index is -1.15. The van der Waals surface area contributed by atoms with Crippen molar-refractivity contribution < 1.29 is 19.1 Å². The molecular weight excluding hydrogens is 223 g/mol. The normalized spacial score (nSPS) is 12.5. The Hall–Kier alpha value is -1.71. The summed E-state index contributed by atoms with van der Waals surface area (Å²) < 4.78 is 13.1. The molecule has 4 heteroatoms. The molecule has 0 radical (unpaired) electrons. The number of hydrogen-bond donors (Lipinski definition) is 1. The molecular formula is C13H15FO3. The molecule has 1 aromatic rings. The van der Waals surface area contributed by atoms with E-state index in [0.29, 0.717) is 5.56 Å². The Kier molecular flexibility index (Phi) is 3.99. The fraction of sp³-hybridized carbons (Fsp3) is 0.385. The predicted molar refractivity (Wildman–Crippen MR) is 61.4 cm³/mol. The van der Waals surface area contributed by atoms with Crippen molar-refractivity contribution in [2.45, 2.75) is 20.8 Å². The Labute approximate surface area is 99.3 Å². The number of carbonyl (C=O) groups is 2. The summed E-state index contributed by atoms with van der Waals surface area (Å²) in [6, 6.07) is 3.89. The fourth-order valence-corrected chi connectivity index (χ4v) is 1.68. The van der Waals surface area contributed by atoms with E-state index in [4.69, 9.17) is 5.11 Å². The smallest absolute Gasteiger partial charge is 0.314 e. The fourth-order valence-electron chi connectivity index (χ4n) is 1.68. The molecule has 0 heterocycles. The third kappa shape index (κ3) is 2.90. The largest absolute Gasteiger partial charge is 0.481 e. The molecule has 0 saturated carbocycles. The van der Waals surface area contributed by atoms with Gasteiger partial charge in [-0.3, -0.25) is 9.59 Å². The number of rotatable bonds is 4. The summed E-state index contributed by atoms with van der Waals surface area (Å²) in [7, 11) is 0. The van der Waals surface area contributed by atoms with Crippen LogP contribution in [0.2, 0.25) is 0 Å². The number of ketones is 1. The second-order valence-electron chi connectivity index (χ2n) is 4.39. The van der Waals surface area contributed by atoms with Gasteiger partial charge in [0.05, 0.1) is 0 Å². The third-order valence-electron chi connectivity index (χ3n) is 2.66. The Morgan fingerprint density at radius 3 is 2.29 bits per heavy atom. The summed E-state index contributed by atoms with van der Waals surface area (Å²) in [6.45, 7) is 4.89. The first-order chi connectivity index (χ1) is 7.84. The molecule has 17 heavy (non-hydrogen) atoms. The van der Waals surface area contributed by atoms with Crippen molar-refractivity contribution in [1.29, 1.82) is 0 Å². The lowest BCUT2D eigenvalue weighted by Gasteiger charge is -2.15. The summed E-state index contributed by atoms with van der Waals surface area (Å²) in [4.78, 5) is 23.0. The van der Waals surface area contributed by atoms with Crippen LogP contribution in [0.1, 0.15) is 29.8 Å². The molecule has 1 aromatic carbocycles. The van der Waals surface area contributed by atoms with Crippen LogP contribution in [0.25, 0.3) is 0 Å². The molecule has 0 amide bonds. The summed E-state index contributed by atoms with van der Waals surface area (Å²) in [5.74, 6) is -3.41. The van der Waals surface area contributed by atoms with Gasteiger partial charge < -0.3 is 5.11 Å². The second kappa shape index (κ2) is 5.08. The van der Waals surface area contributed by atoms with Crippen LogP contribution in [-0.4, -0.2) is 16.9 Å². The highest BCUT2D eigenvalue weighted by atomic mass is 19.1. The van der Waals surface area contributed by atoms with E-state index in [2.05, 4.69) is 0 Å². The highest BCUT2D eigenvalue weighted by Crippen LogP contribution is 2.19. The quantitative estimate of drug-likeness (QED) is 0.648. The van der Waals surface area contributed by atoms with Crippen LogP contribution in [0, 0.1) is 24.6 Å². The van der Waals surface area contributed by atoms with Crippen LogP contribution in [0.5, 0.6) is 0 Å². The molecule has 1 unspecified atom stereocenters. The van der Waals surface area contributed by atoms with E-state index in [1.807, 2.05) is 0 Å². The molecule has 0 fully saturated rings. The van der Waals surface area contributed by atoms with Gasteiger partial charge in [0, 0.05) is 5.56 Å². The van der Waals surface area contributed by atoms with Crippen molar-refractivity contribution in [3.63, 3.8) is 0 Å². The number of aliphatic carboxylic acids is 1. The van der Waals surface area contributed by atoms with Gasteiger partial charge in [0.15, 0.2) is 5.78 Å². The zero-order valence-electron chi connectivity index (χ0n) is 10.0. The molecule has 0 bridgehead atoms. The number of benzene rings is 1. The molecule has 0 spiro atoms. The Bertz CT molecular complexity index is 452. The predicted octanol–water partition coefficient (Wildman–Crippen LogP) is 2.67. The maximum Gasteiger partial charge on any atom is 0.314 e. The summed E-state index contributed by atoms with van der Waals surface area (Å²) in [6.07, 6.45) is 0. The molecule has 1 N–H and O–H groups in total. The number of carboxylic acid groups (broad SMARTS) is 1. The molecule has 0 aliphatic rings. The lowest BCUT2D eigenvalue weighted by atomic mass is 9.87. The van der Waals surface area contributed by atoms with Crippen LogP contribution in [-0.2, 0) is 4.79 Å². The Balaban J connectivity index is 3.10. The average Bonchev–Trinajstić information content (AvgIpc) is 2.20. The van der Waals surface area contributed by atoms with Gasteiger partial charge in [0.25, 0.3) is 0 Å².